The van der Waals surface area contributed by atoms with Crippen LogP contribution in [0.5, 0.6) is 0 Å². The van der Waals surface area contributed by atoms with Crippen molar-refractivity contribution < 1.29 is 8.42 Å². The molecule has 3 rings (SSSR count). The molecule has 110 valence electrons. The van der Waals surface area contributed by atoms with E-state index in [1.165, 1.54) is 24.0 Å². The number of piperazine rings is 1. The van der Waals surface area contributed by atoms with E-state index in [1.54, 1.807) is 10.4 Å². The first kappa shape index (κ1) is 14.0. The highest BCUT2D eigenvalue weighted by Gasteiger charge is 2.31. The Morgan fingerprint density at radius 1 is 1.20 bits per heavy atom. The molecule has 20 heavy (non-hydrogen) atoms. The highest BCUT2D eigenvalue weighted by atomic mass is 32.2. The zero-order valence-corrected chi connectivity index (χ0v) is 12.7. The van der Waals surface area contributed by atoms with E-state index in [4.69, 9.17) is 0 Å². The highest BCUT2D eigenvalue weighted by molar-refractivity contribution is 7.89. The molecule has 1 aliphatic carbocycles. The van der Waals surface area contributed by atoms with E-state index in [-0.39, 0.29) is 6.04 Å². The van der Waals surface area contributed by atoms with E-state index < -0.39 is 10.0 Å². The van der Waals surface area contributed by atoms with Crippen molar-refractivity contribution in [2.24, 2.45) is 0 Å². The van der Waals surface area contributed by atoms with Gasteiger partial charge in [0.1, 0.15) is 0 Å². The maximum atomic E-state index is 12.8. The Morgan fingerprint density at radius 2 is 1.95 bits per heavy atom. The maximum Gasteiger partial charge on any atom is 0.243 e. The minimum absolute atomic E-state index is 0.0183. The second kappa shape index (κ2) is 5.47. The highest BCUT2D eigenvalue weighted by Crippen LogP contribution is 2.26. The van der Waals surface area contributed by atoms with Crippen LogP contribution in [0.4, 0.5) is 0 Å². The molecular weight excluding hydrogens is 272 g/mol. The van der Waals surface area contributed by atoms with Gasteiger partial charge in [0.2, 0.25) is 10.0 Å². The van der Waals surface area contributed by atoms with Crippen LogP contribution in [-0.2, 0) is 22.9 Å². The fourth-order valence-corrected chi connectivity index (χ4v) is 4.87. The van der Waals surface area contributed by atoms with Crippen LogP contribution in [0.1, 0.15) is 30.9 Å². The maximum absolute atomic E-state index is 12.8. The molecule has 0 saturated carbocycles. The number of fused-ring (bicyclic) bond motifs is 1. The van der Waals surface area contributed by atoms with Crippen molar-refractivity contribution in [1.29, 1.82) is 0 Å². The lowest BCUT2D eigenvalue weighted by Crippen LogP contribution is -2.52. The van der Waals surface area contributed by atoms with Gasteiger partial charge in [-0.3, -0.25) is 0 Å². The largest absolute Gasteiger partial charge is 0.314 e. The van der Waals surface area contributed by atoms with E-state index in [0.29, 0.717) is 11.4 Å². The van der Waals surface area contributed by atoms with Crippen molar-refractivity contribution in [2.45, 2.75) is 43.5 Å². The SMILES string of the molecule is C[C@@H]1CNCCN1S(=O)(=O)c1ccc2c(c1)CCCC2. The Labute approximate surface area is 121 Å². The van der Waals surface area contributed by atoms with Crippen molar-refractivity contribution in [3.63, 3.8) is 0 Å². The van der Waals surface area contributed by atoms with Crippen molar-refractivity contribution in [2.75, 3.05) is 19.6 Å². The Hall–Kier alpha value is -0.910. The van der Waals surface area contributed by atoms with Gasteiger partial charge in [-0.2, -0.15) is 4.31 Å². The molecule has 1 fully saturated rings. The molecule has 2 aliphatic rings. The van der Waals surface area contributed by atoms with E-state index in [9.17, 15) is 8.42 Å². The molecule has 1 saturated heterocycles. The van der Waals surface area contributed by atoms with Gasteiger partial charge in [0, 0.05) is 25.7 Å². The van der Waals surface area contributed by atoms with Crippen LogP contribution in [0.2, 0.25) is 0 Å². The molecule has 1 N–H and O–H groups in total. The summed E-state index contributed by atoms with van der Waals surface area (Å²) in [6, 6.07) is 5.71. The van der Waals surface area contributed by atoms with Crippen molar-refractivity contribution in [3.05, 3.63) is 29.3 Å². The van der Waals surface area contributed by atoms with Gasteiger partial charge in [-0.1, -0.05) is 6.07 Å². The fourth-order valence-electron chi connectivity index (χ4n) is 3.19. The molecule has 0 bridgehead atoms. The molecule has 4 nitrogen and oxygen atoms in total. The molecule has 0 unspecified atom stereocenters. The van der Waals surface area contributed by atoms with Crippen molar-refractivity contribution >= 4 is 10.0 Å². The zero-order valence-electron chi connectivity index (χ0n) is 11.9. The van der Waals surface area contributed by atoms with E-state index >= 15 is 0 Å². The summed E-state index contributed by atoms with van der Waals surface area (Å²) in [5, 5.41) is 3.23. The Kier molecular flexibility index (Phi) is 3.84. The standard InChI is InChI=1S/C15H22N2O2S/c1-12-11-16-8-9-17(12)20(18,19)15-7-6-13-4-2-3-5-14(13)10-15/h6-7,10,12,16H,2-5,8-9,11H2,1H3/t12-/m1/s1. The van der Waals surface area contributed by atoms with Gasteiger partial charge in [-0.05, 0) is 55.9 Å². The topological polar surface area (TPSA) is 49.4 Å². The lowest BCUT2D eigenvalue weighted by Gasteiger charge is -2.33. The summed E-state index contributed by atoms with van der Waals surface area (Å²) in [6.45, 7) is 3.97. The molecule has 1 aromatic carbocycles. The Morgan fingerprint density at radius 3 is 2.70 bits per heavy atom. The van der Waals surface area contributed by atoms with E-state index in [1.807, 2.05) is 19.1 Å². The second-order valence-corrected chi connectivity index (χ2v) is 7.70. The third kappa shape index (κ3) is 2.50. The van der Waals surface area contributed by atoms with Crippen molar-refractivity contribution in [1.82, 2.24) is 9.62 Å². The monoisotopic (exact) mass is 294 g/mol. The van der Waals surface area contributed by atoms with E-state index in [0.717, 1.165) is 25.9 Å². The molecule has 0 spiro atoms. The average molecular weight is 294 g/mol. The second-order valence-electron chi connectivity index (χ2n) is 5.81. The number of hydrogen-bond acceptors (Lipinski definition) is 3. The van der Waals surface area contributed by atoms with Crippen LogP contribution in [0, 0.1) is 0 Å². The number of nitrogens with one attached hydrogen (secondary N) is 1. The minimum Gasteiger partial charge on any atom is -0.314 e. The first-order valence-corrected chi connectivity index (χ1v) is 8.87. The molecule has 0 radical (unpaired) electrons. The molecule has 1 aromatic rings. The quantitative estimate of drug-likeness (QED) is 0.900. The van der Waals surface area contributed by atoms with Crippen LogP contribution in [0.3, 0.4) is 0 Å². The van der Waals surface area contributed by atoms with Gasteiger partial charge in [0.05, 0.1) is 4.90 Å². The number of nitrogens with zero attached hydrogens (tertiary/aromatic N) is 1. The lowest BCUT2D eigenvalue weighted by molar-refractivity contribution is 0.284. The first-order valence-electron chi connectivity index (χ1n) is 7.43. The minimum atomic E-state index is -3.35. The summed E-state index contributed by atoms with van der Waals surface area (Å²) in [7, 11) is -3.35. The summed E-state index contributed by atoms with van der Waals surface area (Å²) >= 11 is 0. The number of rotatable bonds is 2. The fraction of sp³-hybridized carbons (Fsp3) is 0.600. The van der Waals surface area contributed by atoms with Crippen LogP contribution in [0.15, 0.2) is 23.1 Å². The summed E-state index contributed by atoms with van der Waals surface area (Å²) in [6.07, 6.45) is 4.48. The smallest absolute Gasteiger partial charge is 0.243 e. The van der Waals surface area contributed by atoms with Crippen LogP contribution >= 0.6 is 0 Å². The number of sulfonamides is 1. The summed E-state index contributed by atoms with van der Waals surface area (Å²) in [4.78, 5) is 0.465. The number of benzene rings is 1. The normalized spacial score (nSPS) is 24.4. The van der Waals surface area contributed by atoms with Gasteiger partial charge >= 0.3 is 0 Å². The molecule has 0 amide bonds. The molecule has 1 atom stereocenters. The van der Waals surface area contributed by atoms with Crippen LogP contribution in [-0.4, -0.2) is 38.4 Å². The third-order valence-electron chi connectivity index (χ3n) is 4.37. The lowest BCUT2D eigenvalue weighted by atomic mass is 9.92. The van der Waals surface area contributed by atoms with Crippen molar-refractivity contribution in [3.8, 4) is 0 Å². The molecule has 1 aliphatic heterocycles. The van der Waals surface area contributed by atoms with Gasteiger partial charge in [0.15, 0.2) is 0 Å². The van der Waals surface area contributed by atoms with Gasteiger partial charge in [-0.25, -0.2) is 8.42 Å². The number of hydrogen-bond donors (Lipinski definition) is 1. The predicted molar refractivity (Wildman–Crippen MR) is 79.3 cm³/mol. The molecular formula is C15H22N2O2S. The summed E-state index contributed by atoms with van der Waals surface area (Å²) in [5.41, 5.74) is 2.55. The molecule has 5 heteroatoms. The third-order valence-corrected chi connectivity index (χ3v) is 6.38. The zero-order chi connectivity index (χ0) is 14.2. The molecule has 1 heterocycles. The van der Waals surface area contributed by atoms with Gasteiger partial charge in [0.25, 0.3) is 0 Å². The Bertz CT molecular complexity index is 598. The van der Waals surface area contributed by atoms with Crippen LogP contribution < -0.4 is 5.32 Å². The summed E-state index contributed by atoms with van der Waals surface area (Å²) in [5.74, 6) is 0. The van der Waals surface area contributed by atoms with Gasteiger partial charge < -0.3 is 5.32 Å². The Balaban J connectivity index is 1.94. The van der Waals surface area contributed by atoms with Gasteiger partial charge in [-0.15, -0.1) is 0 Å². The number of aryl methyl sites for hydroxylation is 2. The van der Waals surface area contributed by atoms with E-state index in [2.05, 4.69) is 5.32 Å². The van der Waals surface area contributed by atoms with Crippen LogP contribution in [0.25, 0.3) is 0 Å². The predicted octanol–water partition coefficient (Wildman–Crippen LogP) is 1.55. The average Bonchev–Trinajstić information content (AvgIpc) is 2.47. The first-order chi connectivity index (χ1) is 9.59. The summed E-state index contributed by atoms with van der Waals surface area (Å²) < 4.78 is 27.2. The molecule has 0 aromatic heterocycles.